The highest BCUT2D eigenvalue weighted by Crippen LogP contribution is 2.28. The fourth-order valence-electron chi connectivity index (χ4n) is 2.23. The molecule has 0 aliphatic rings. The molecule has 0 fully saturated rings. The van der Waals surface area contributed by atoms with Crippen molar-refractivity contribution < 1.29 is 9.53 Å². The van der Waals surface area contributed by atoms with Crippen molar-refractivity contribution in [1.29, 1.82) is 0 Å². The van der Waals surface area contributed by atoms with Gasteiger partial charge in [-0.15, -0.1) is 0 Å². The average molecular weight is 412 g/mol. The molecule has 0 aliphatic heterocycles. The number of amides is 1. The molecule has 0 heterocycles. The van der Waals surface area contributed by atoms with Crippen molar-refractivity contribution in [3.63, 3.8) is 0 Å². The minimum absolute atomic E-state index is 0.0199. The van der Waals surface area contributed by atoms with Gasteiger partial charge in [0.1, 0.15) is 5.75 Å². The monoisotopic (exact) mass is 410 g/mol. The third kappa shape index (κ3) is 4.97. The molecular formula is C18H20BrClN2O2. The zero-order chi connectivity index (χ0) is 17.7. The van der Waals surface area contributed by atoms with Gasteiger partial charge in [-0.3, -0.25) is 4.79 Å². The van der Waals surface area contributed by atoms with Crippen LogP contribution in [0.4, 0.5) is 5.69 Å². The van der Waals surface area contributed by atoms with Gasteiger partial charge < -0.3 is 15.4 Å². The average Bonchev–Trinajstić information content (AvgIpc) is 2.55. The first-order valence-corrected chi connectivity index (χ1v) is 8.70. The highest BCUT2D eigenvalue weighted by atomic mass is 79.9. The highest BCUT2D eigenvalue weighted by molar-refractivity contribution is 9.10. The molecule has 0 spiro atoms. The number of nitrogens with one attached hydrogen (secondary N) is 2. The summed E-state index contributed by atoms with van der Waals surface area (Å²) in [5, 5.41) is 6.55. The predicted molar refractivity (Wildman–Crippen MR) is 102 cm³/mol. The van der Waals surface area contributed by atoms with Gasteiger partial charge >= 0.3 is 0 Å². The Morgan fingerprint density at radius 1 is 1.29 bits per heavy atom. The third-order valence-electron chi connectivity index (χ3n) is 3.64. The van der Waals surface area contributed by atoms with E-state index in [0.717, 1.165) is 21.3 Å². The summed E-state index contributed by atoms with van der Waals surface area (Å²) in [4.78, 5) is 12.1. The van der Waals surface area contributed by atoms with Gasteiger partial charge in [-0.2, -0.15) is 0 Å². The minimum atomic E-state index is -0.139. The molecule has 4 nitrogen and oxygen atoms in total. The van der Waals surface area contributed by atoms with Gasteiger partial charge in [-0.05, 0) is 65.2 Å². The molecule has 6 heteroatoms. The molecule has 128 valence electrons. The lowest BCUT2D eigenvalue weighted by Gasteiger charge is -2.16. The number of hydrogen-bond donors (Lipinski definition) is 2. The van der Waals surface area contributed by atoms with Crippen molar-refractivity contribution in [3.05, 3.63) is 57.0 Å². The molecule has 0 radical (unpaired) electrons. The van der Waals surface area contributed by atoms with Crippen LogP contribution >= 0.6 is 27.5 Å². The molecule has 1 amide bonds. The maximum absolute atomic E-state index is 12.1. The van der Waals surface area contributed by atoms with Crippen LogP contribution in [0.15, 0.2) is 40.9 Å². The summed E-state index contributed by atoms with van der Waals surface area (Å²) in [6, 6.07) is 11.4. The van der Waals surface area contributed by atoms with E-state index in [1.807, 2.05) is 44.2 Å². The molecule has 0 unspecified atom stereocenters. The smallest absolute Gasteiger partial charge is 0.238 e. The van der Waals surface area contributed by atoms with E-state index in [-0.39, 0.29) is 18.5 Å². The third-order valence-corrected chi connectivity index (χ3v) is 4.58. The molecule has 0 aliphatic carbocycles. The van der Waals surface area contributed by atoms with Crippen molar-refractivity contribution in [2.45, 2.75) is 19.9 Å². The minimum Gasteiger partial charge on any atom is -0.496 e. The Morgan fingerprint density at radius 2 is 2.04 bits per heavy atom. The van der Waals surface area contributed by atoms with E-state index in [1.54, 1.807) is 13.2 Å². The zero-order valence-corrected chi connectivity index (χ0v) is 16.2. The normalized spacial score (nSPS) is 11.9. The molecule has 0 saturated heterocycles. The molecule has 24 heavy (non-hydrogen) atoms. The van der Waals surface area contributed by atoms with Crippen molar-refractivity contribution >= 4 is 39.1 Å². The number of carbonyl (C=O) groups excluding carboxylic acids is 1. The Hall–Kier alpha value is -1.56. The van der Waals surface area contributed by atoms with Gasteiger partial charge in [-0.1, -0.05) is 23.7 Å². The lowest BCUT2D eigenvalue weighted by atomic mass is 10.1. The fraction of sp³-hybridized carbons (Fsp3) is 0.278. The van der Waals surface area contributed by atoms with Gasteiger partial charge in [-0.25, -0.2) is 0 Å². The Balaban J connectivity index is 1.92. The first kappa shape index (κ1) is 18.8. The number of benzene rings is 2. The summed E-state index contributed by atoms with van der Waals surface area (Å²) in [6.45, 7) is 4.14. The van der Waals surface area contributed by atoms with E-state index >= 15 is 0 Å². The van der Waals surface area contributed by atoms with Crippen LogP contribution in [0.3, 0.4) is 0 Å². The second-order valence-corrected chi connectivity index (χ2v) is 6.79. The van der Waals surface area contributed by atoms with Crippen LogP contribution in [0, 0.1) is 6.92 Å². The molecule has 0 saturated carbocycles. The van der Waals surface area contributed by atoms with E-state index in [4.69, 9.17) is 16.3 Å². The van der Waals surface area contributed by atoms with Gasteiger partial charge in [0.15, 0.2) is 0 Å². The number of hydrogen-bond acceptors (Lipinski definition) is 3. The molecule has 2 aromatic carbocycles. The van der Waals surface area contributed by atoms with Crippen LogP contribution in [0.5, 0.6) is 5.75 Å². The Labute approximate surface area is 155 Å². The zero-order valence-electron chi connectivity index (χ0n) is 13.8. The SMILES string of the molecule is COc1ccc([C@H](C)NCC(=O)Nc2ccc(C)cc2Cl)cc1Br. The molecule has 1 atom stereocenters. The number of anilines is 1. The number of ether oxygens (including phenoxy) is 1. The second kappa shape index (κ2) is 8.51. The summed E-state index contributed by atoms with van der Waals surface area (Å²) in [6.07, 6.45) is 0. The first-order chi connectivity index (χ1) is 11.4. The van der Waals surface area contributed by atoms with Crippen molar-refractivity contribution in [2.24, 2.45) is 0 Å². The van der Waals surface area contributed by atoms with Gasteiger partial charge in [0.2, 0.25) is 5.91 Å². The Kier molecular flexibility index (Phi) is 6.66. The second-order valence-electron chi connectivity index (χ2n) is 5.53. The van der Waals surface area contributed by atoms with E-state index in [9.17, 15) is 4.79 Å². The van der Waals surface area contributed by atoms with Crippen molar-refractivity contribution in [1.82, 2.24) is 5.32 Å². The topological polar surface area (TPSA) is 50.4 Å². The molecule has 2 N–H and O–H groups in total. The van der Waals surface area contributed by atoms with E-state index in [1.165, 1.54) is 0 Å². The van der Waals surface area contributed by atoms with E-state index in [2.05, 4.69) is 26.6 Å². The summed E-state index contributed by atoms with van der Waals surface area (Å²) in [5.74, 6) is 0.637. The number of halogens is 2. The standard InChI is InChI=1S/C18H20BrClN2O2/c1-11-4-6-16(15(20)8-11)22-18(23)10-21-12(2)13-5-7-17(24-3)14(19)9-13/h4-9,12,21H,10H2,1-3H3,(H,22,23)/t12-/m0/s1. The molecule has 2 rings (SSSR count). The number of carbonyl (C=O) groups is 1. The molecule has 0 aromatic heterocycles. The lowest BCUT2D eigenvalue weighted by molar-refractivity contribution is -0.115. The fourth-order valence-corrected chi connectivity index (χ4v) is 3.07. The first-order valence-electron chi connectivity index (χ1n) is 7.53. The quantitative estimate of drug-likeness (QED) is 0.724. The summed E-state index contributed by atoms with van der Waals surface area (Å²) in [5.41, 5.74) is 2.73. The summed E-state index contributed by atoms with van der Waals surface area (Å²) in [7, 11) is 1.63. The van der Waals surface area contributed by atoms with Crippen LogP contribution in [-0.2, 0) is 4.79 Å². The largest absolute Gasteiger partial charge is 0.496 e. The molecular weight excluding hydrogens is 392 g/mol. The number of rotatable bonds is 6. The van der Waals surface area contributed by atoms with Gasteiger partial charge in [0.25, 0.3) is 0 Å². The summed E-state index contributed by atoms with van der Waals surface area (Å²) >= 11 is 9.59. The number of aryl methyl sites for hydroxylation is 1. The maximum atomic E-state index is 12.1. The van der Waals surface area contributed by atoms with Crippen LogP contribution in [0.1, 0.15) is 24.1 Å². The molecule has 2 aromatic rings. The van der Waals surface area contributed by atoms with Crippen molar-refractivity contribution in [2.75, 3.05) is 19.0 Å². The highest BCUT2D eigenvalue weighted by Gasteiger charge is 2.11. The molecule has 0 bridgehead atoms. The van der Waals surface area contributed by atoms with Crippen LogP contribution in [0.25, 0.3) is 0 Å². The van der Waals surface area contributed by atoms with Gasteiger partial charge in [0.05, 0.1) is 28.8 Å². The predicted octanol–water partition coefficient (Wildman–Crippen LogP) is 4.71. The van der Waals surface area contributed by atoms with E-state index < -0.39 is 0 Å². The van der Waals surface area contributed by atoms with Crippen LogP contribution < -0.4 is 15.4 Å². The lowest BCUT2D eigenvalue weighted by Crippen LogP contribution is -2.30. The number of methoxy groups -OCH3 is 1. The van der Waals surface area contributed by atoms with Gasteiger partial charge in [0, 0.05) is 6.04 Å². The maximum Gasteiger partial charge on any atom is 0.238 e. The van der Waals surface area contributed by atoms with Crippen molar-refractivity contribution in [3.8, 4) is 5.75 Å². The van der Waals surface area contributed by atoms with Crippen LogP contribution in [-0.4, -0.2) is 19.6 Å². The summed E-state index contributed by atoms with van der Waals surface area (Å²) < 4.78 is 6.10. The Morgan fingerprint density at radius 3 is 2.67 bits per heavy atom. The Bertz CT molecular complexity index is 737. The van der Waals surface area contributed by atoms with E-state index in [0.29, 0.717) is 10.7 Å². The van der Waals surface area contributed by atoms with Crippen LogP contribution in [0.2, 0.25) is 5.02 Å².